The maximum absolute atomic E-state index is 14.8. The van der Waals surface area contributed by atoms with Gasteiger partial charge in [-0.2, -0.15) is 22.5 Å². The summed E-state index contributed by atoms with van der Waals surface area (Å²) in [5, 5.41) is 17.7. The second-order valence-corrected chi connectivity index (χ2v) is 18.5. The van der Waals surface area contributed by atoms with Crippen LogP contribution in [0, 0.1) is 26.2 Å². The number of carbonyl (C=O) groups is 1. The first-order chi connectivity index (χ1) is 27.3. The largest absolute Gasteiger partial charge is 0.481 e. The fourth-order valence-corrected chi connectivity index (χ4v) is 10.2. The Kier molecular flexibility index (Phi) is 11.3. The average Bonchev–Trinajstić information content (AvgIpc) is 3.59. The van der Waals surface area contributed by atoms with Crippen LogP contribution in [0.3, 0.4) is 0 Å². The number of hydrogen-bond donors (Lipinski definition) is 1. The molecule has 1 aromatic carbocycles. The van der Waals surface area contributed by atoms with Gasteiger partial charge in [0.15, 0.2) is 5.65 Å². The number of nitrogens with zero attached hydrogens (tertiary/aromatic N) is 6. The first-order valence-electron chi connectivity index (χ1n) is 19.7. The van der Waals surface area contributed by atoms with Crippen molar-refractivity contribution < 1.29 is 45.7 Å². The normalized spacial score (nSPS) is 19.9. The van der Waals surface area contributed by atoms with E-state index in [1.54, 1.807) is 45.9 Å². The fourth-order valence-electron chi connectivity index (χ4n) is 8.54. The molecule has 17 heteroatoms. The fraction of sp³-hybridized carbons (Fsp3) is 0.561. The van der Waals surface area contributed by atoms with E-state index in [0.29, 0.717) is 59.8 Å². The number of aryl methyl sites for hydroxylation is 3. The summed E-state index contributed by atoms with van der Waals surface area (Å²) in [6.45, 7) is 13.7. The van der Waals surface area contributed by atoms with E-state index in [1.807, 2.05) is 19.9 Å². The molecule has 0 aliphatic carbocycles. The highest BCUT2D eigenvalue weighted by Gasteiger charge is 2.47. The van der Waals surface area contributed by atoms with E-state index >= 15 is 0 Å². The molecule has 314 valence electrons. The topological polar surface area (TPSA) is 149 Å². The maximum atomic E-state index is 14.8. The Labute approximate surface area is 336 Å². The molecule has 7 rings (SSSR count). The number of carboxylic acids is 1. The van der Waals surface area contributed by atoms with Crippen LogP contribution in [0.4, 0.5) is 13.2 Å². The molecule has 1 spiro atoms. The number of benzene rings is 1. The Hall–Kier alpha value is -4.32. The van der Waals surface area contributed by atoms with E-state index < -0.39 is 44.9 Å². The lowest BCUT2D eigenvalue weighted by atomic mass is 9.70. The third-order valence-corrected chi connectivity index (χ3v) is 13.7. The minimum Gasteiger partial charge on any atom is -0.481 e. The molecule has 3 aliphatic heterocycles. The summed E-state index contributed by atoms with van der Waals surface area (Å²) >= 11 is 0. The Balaban J connectivity index is 1.27. The van der Waals surface area contributed by atoms with Crippen LogP contribution in [0.2, 0.25) is 0 Å². The van der Waals surface area contributed by atoms with Crippen molar-refractivity contribution >= 4 is 21.6 Å². The van der Waals surface area contributed by atoms with Crippen LogP contribution in [0.25, 0.3) is 5.65 Å². The molecule has 4 aromatic rings. The molecule has 6 heterocycles. The summed E-state index contributed by atoms with van der Waals surface area (Å²) < 4.78 is 91.8. The van der Waals surface area contributed by atoms with Gasteiger partial charge < -0.3 is 19.3 Å². The molecule has 0 saturated carbocycles. The van der Waals surface area contributed by atoms with Crippen molar-refractivity contribution in [2.45, 2.75) is 109 Å². The van der Waals surface area contributed by atoms with Gasteiger partial charge in [-0.05, 0) is 107 Å². The molecule has 3 aliphatic rings. The standard InChI is InChI=1S/C41H51F3N6O7S/c1-25-10-11-29(33(39(5,6)38(51)52)31-12-17-50-34(28(31)4)46-47-37(50)41(42,43)44)21-30(25)23-49-24-40(13-18-55-19-14-40)57-36-32(58(49,53)54)20-26(2)35(45-36)56-27(3)22-48-15-8-7-9-16-48/h10-12,17,20-21,27,33H,7-9,13-16,18-19,22-24H2,1-6H3,(H,51,52)/t27-,33+/m1/s1. The predicted octanol–water partition coefficient (Wildman–Crippen LogP) is 6.70. The highest BCUT2D eigenvalue weighted by Crippen LogP contribution is 2.45. The van der Waals surface area contributed by atoms with Gasteiger partial charge >= 0.3 is 12.1 Å². The Morgan fingerprint density at radius 3 is 2.40 bits per heavy atom. The van der Waals surface area contributed by atoms with Crippen molar-refractivity contribution in [2.75, 3.05) is 39.4 Å². The minimum atomic E-state index is -4.75. The van der Waals surface area contributed by atoms with Crippen LogP contribution < -0.4 is 9.47 Å². The zero-order chi connectivity index (χ0) is 41.8. The number of rotatable bonds is 10. The number of ether oxygens (including phenoxy) is 3. The first kappa shape index (κ1) is 41.8. The highest BCUT2D eigenvalue weighted by molar-refractivity contribution is 7.89. The second-order valence-electron chi connectivity index (χ2n) is 16.6. The van der Waals surface area contributed by atoms with Crippen LogP contribution >= 0.6 is 0 Å². The molecule has 3 aromatic heterocycles. The van der Waals surface area contributed by atoms with Crippen LogP contribution in [-0.2, 0) is 32.3 Å². The van der Waals surface area contributed by atoms with E-state index in [4.69, 9.17) is 19.2 Å². The SMILES string of the molecule is Cc1ccc([C@@H](c2ccn3c(C(F)(F)F)nnc3c2C)C(C)(C)C(=O)O)cc1CN1CC2(CCOCC2)Oc2nc(O[C@H](C)CN3CCCCC3)c(C)cc2S1(=O)=O. The lowest BCUT2D eigenvalue weighted by molar-refractivity contribution is -0.147. The lowest BCUT2D eigenvalue weighted by Crippen LogP contribution is -2.50. The van der Waals surface area contributed by atoms with Crippen LogP contribution in [-0.4, -0.2) is 99.4 Å². The minimum absolute atomic E-state index is 0.00751. The van der Waals surface area contributed by atoms with Crippen LogP contribution in [0.1, 0.15) is 98.0 Å². The van der Waals surface area contributed by atoms with Gasteiger partial charge in [0.25, 0.3) is 0 Å². The van der Waals surface area contributed by atoms with E-state index in [1.165, 1.54) is 23.0 Å². The third-order valence-electron chi connectivity index (χ3n) is 11.9. The van der Waals surface area contributed by atoms with Crippen molar-refractivity contribution in [3.63, 3.8) is 0 Å². The molecule has 2 atom stereocenters. The van der Waals surface area contributed by atoms with E-state index in [0.717, 1.165) is 42.4 Å². The smallest absolute Gasteiger partial charge is 0.452 e. The zero-order valence-corrected chi connectivity index (χ0v) is 34.5. The molecule has 13 nitrogen and oxygen atoms in total. The van der Waals surface area contributed by atoms with Gasteiger partial charge in [0.2, 0.25) is 27.6 Å². The average molecular weight is 829 g/mol. The summed E-state index contributed by atoms with van der Waals surface area (Å²) in [4.78, 5) is 19.9. The molecule has 0 amide bonds. The number of carboxylic acid groups (broad SMARTS) is 1. The van der Waals surface area contributed by atoms with Crippen LogP contribution in [0.5, 0.6) is 11.8 Å². The molecule has 2 saturated heterocycles. The van der Waals surface area contributed by atoms with Gasteiger partial charge in [0.05, 0.1) is 25.2 Å². The second kappa shape index (κ2) is 15.7. The van der Waals surface area contributed by atoms with Gasteiger partial charge in [-0.15, -0.1) is 10.2 Å². The number of alkyl halides is 3. The number of fused-ring (bicyclic) bond motifs is 2. The van der Waals surface area contributed by atoms with Crippen molar-refractivity contribution in [1.29, 1.82) is 0 Å². The number of piperidine rings is 1. The van der Waals surface area contributed by atoms with Crippen LogP contribution in [0.15, 0.2) is 41.4 Å². The number of hydrogen-bond acceptors (Lipinski definition) is 10. The number of pyridine rings is 2. The van der Waals surface area contributed by atoms with Gasteiger partial charge in [-0.1, -0.05) is 24.6 Å². The summed E-state index contributed by atoms with van der Waals surface area (Å²) in [5.41, 5.74) is 0.799. The molecule has 0 unspecified atom stereocenters. The zero-order valence-electron chi connectivity index (χ0n) is 33.7. The summed E-state index contributed by atoms with van der Waals surface area (Å²) in [7, 11) is -4.23. The summed E-state index contributed by atoms with van der Waals surface area (Å²) in [5.74, 6) is -2.90. The molecule has 0 radical (unpaired) electrons. The van der Waals surface area contributed by atoms with Crippen molar-refractivity contribution in [2.24, 2.45) is 5.41 Å². The Bertz CT molecular complexity index is 2300. The molecule has 58 heavy (non-hydrogen) atoms. The number of likely N-dealkylation sites (tertiary alicyclic amines) is 1. The summed E-state index contributed by atoms with van der Waals surface area (Å²) in [6, 6.07) is 8.41. The molecule has 2 fully saturated rings. The summed E-state index contributed by atoms with van der Waals surface area (Å²) in [6.07, 6.45) is 0.623. The van der Waals surface area contributed by atoms with Crippen molar-refractivity contribution in [3.8, 4) is 11.8 Å². The van der Waals surface area contributed by atoms with E-state index in [2.05, 4.69) is 15.1 Å². The van der Waals surface area contributed by atoms with Crippen molar-refractivity contribution in [3.05, 3.63) is 75.7 Å². The maximum Gasteiger partial charge on any atom is 0.452 e. The lowest BCUT2D eigenvalue weighted by Gasteiger charge is -2.38. The number of aromatic nitrogens is 4. The third kappa shape index (κ3) is 8.02. The van der Waals surface area contributed by atoms with Gasteiger partial charge in [0.1, 0.15) is 16.6 Å². The monoisotopic (exact) mass is 828 g/mol. The number of aliphatic carboxylic acids is 1. The Morgan fingerprint density at radius 2 is 1.72 bits per heavy atom. The van der Waals surface area contributed by atoms with Gasteiger partial charge in [-0.3, -0.25) is 14.1 Å². The quantitative estimate of drug-likeness (QED) is 0.182. The molecular formula is C41H51F3N6O7S. The van der Waals surface area contributed by atoms with Gasteiger partial charge in [-0.25, -0.2) is 8.42 Å². The van der Waals surface area contributed by atoms with E-state index in [9.17, 15) is 31.5 Å². The number of sulfonamides is 1. The Morgan fingerprint density at radius 1 is 1.02 bits per heavy atom. The molecule has 0 bridgehead atoms. The van der Waals surface area contributed by atoms with Crippen molar-refractivity contribution in [1.82, 2.24) is 28.8 Å². The first-order valence-corrected chi connectivity index (χ1v) is 21.2. The number of halogens is 3. The predicted molar refractivity (Wildman–Crippen MR) is 208 cm³/mol. The molecule has 1 N–H and O–H groups in total. The van der Waals surface area contributed by atoms with E-state index in [-0.39, 0.29) is 35.6 Å². The molecular weight excluding hydrogens is 778 g/mol. The highest BCUT2D eigenvalue weighted by atomic mass is 32.2. The van der Waals surface area contributed by atoms with Gasteiger partial charge in [0, 0.05) is 43.6 Å².